The molecule has 1 atom stereocenters. The maximum atomic E-state index is 12.9. The van der Waals surface area contributed by atoms with Gasteiger partial charge in [-0.1, -0.05) is 95.9 Å². The molecule has 1 aliphatic rings. The van der Waals surface area contributed by atoms with Gasteiger partial charge in [-0.3, -0.25) is 5.73 Å². The third kappa shape index (κ3) is 3.39. The summed E-state index contributed by atoms with van der Waals surface area (Å²) in [5, 5.41) is 12.5. The standard InChI is InChI=1S/C24H20N4OP/c25-16-23-24(26)28(29)19(17-27-23)18-30(20-10-4-1-5-11-20,21-12-6-2-7-13-21)22-14-8-3-9-15-22/h1-15,17-19H,26H2/q+1. The van der Waals surface area contributed by atoms with Crippen LogP contribution >= 0.6 is 6.89 Å². The highest BCUT2D eigenvalue weighted by Gasteiger charge is 2.33. The maximum absolute atomic E-state index is 12.9. The number of hydrogen-bond acceptors (Lipinski definition) is 4. The summed E-state index contributed by atoms with van der Waals surface area (Å²) in [5.41, 5.74) is 5.85. The van der Waals surface area contributed by atoms with E-state index in [9.17, 15) is 4.91 Å². The largest absolute Gasteiger partial charge is 0.349 e. The number of nitrogens with zero attached hydrogens (tertiary/aromatic N) is 3. The zero-order chi connectivity index (χ0) is 21.0. The Labute approximate surface area is 175 Å². The molecular weight excluding hydrogens is 391 g/mol. The second-order valence-corrected chi connectivity index (χ2v) is 10.1. The highest BCUT2D eigenvalue weighted by Crippen LogP contribution is 2.44. The molecular formula is C24H20N4OP+. The molecule has 0 aromatic heterocycles. The summed E-state index contributed by atoms with van der Waals surface area (Å²) in [7, 11) is 0. The lowest BCUT2D eigenvalue weighted by Gasteiger charge is -2.29. The van der Waals surface area contributed by atoms with Crippen LogP contribution in [0, 0.1) is 16.2 Å². The zero-order valence-electron chi connectivity index (χ0n) is 16.2. The summed E-state index contributed by atoms with van der Waals surface area (Å²) in [6, 6.07) is 31.8. The van der Waals surface area contributed by atoms with E-state index >= 15 is 0 Å². The van der Waals surface area contributed by atoms with Crippen LogP contribution in [-0.4, -0.2) is 22.8 Å². The van der Waals surface area contributed by atoms with Gasteiger partial charge >= 0.3 is 5.82 Å². The average Bonchev–Trinajstić information content (AvgIpc) is 2.82. The van der Waals surface area contributed by atoms with Crippen molar-refractivity contribution in [2.75, 3.05) is 0 Å². The van der Waals surface area contributed by atoms with E-state index in [-0.39, 0.29) is 11.5 Å². The fourth-order valence-electron chi connectivity index (χ4n) is 3.65. The van der Waals surface area contributed by atoms with Gasteiger partial charge in [-0.2, -0.15) is 5.26 Å². The fraction of sp³-hybridized carbons (Fsp3) is 0.0417. The smallest absolute Gasteiger partial charge is 0.282 e. The summed E-state index contributed by atoms with van der Waals surface area (Å²) in [6.07, 6.45) is 1.51. The van der Waals surface area contributed by atoms with Crippen LogP contribution in [0.1, 0.15) is 0 Å². The van der Waals surface area contributed by atoms with Crippen molar-refractivity contribution in [1.82, 2.24) is 0 Å². The summed E-state index contributed by atoms with van der Waals surface area (Å²) >= 11 is 0. The van der Waals surface area contributed by atoms with E-state index in [1.165, 1.54) is 6.21 Å². The molecule has 0 spiro atoms. The van der Waals surface area contributed by atoms with Gasteiger partial charge in [0.1, 0.15) is 6.07 Å². The molecule has 6 heteroatoms. The lowest BCUT2D eigenvalue weighted by atomic mass is 10.3. The average molecular weight is 411 g/mol. The molecule has 30 heavy (non-hydrogen) atoms. The molecule has 0 amide bonds. The highest BCUT2D eigenvalue weighted by molar-refractivity contribution is 7.94. The van der Waals surface area contributed by atoms with Crippen LogP contribution in [0.5, 0.6) is 0 Å². The first-order chi connectivity index (χ1) is 14.7. The number of nitrogens with two attached hydrogens (primary N) is 1. The molecule has 4 rings (SSSR count). The Morgan fingerprint density at radius 3 is 1.70 bits per heavy atom. The molecule has 0 fully saturated rings. The number of aliphatic imine (C=N–C) groups is 1. The van der Waals surface area contributed by atoms with Crippen LogP contribution in [0.25, 0.3) is 0 Å². The van der Waals surface area contributed by atoms with E-state index in [0.717, 1.165) is 15.9 Å². The topological polar surface area (TPSA) is 82.2 Å². The monoisotopic (exact) mass is 411 g/mol. The molecule has 3 aromatic rings. The first kappa shape index (κ1) is 19.6. The molecule has 0 aliphatic carbocycles. The second-order valence-electron chi connectivity index (χ2n) is 6.82. The predicted molar refractivity (Wildman–Crippen MR) is 124 cm³/mol. The Kier molecular flexibility index (Phi) is 5.43. The van der Waals surface area contributed by atoms with Crippen molar-refractivity contribution < 1.29 is 4.76 Å². The predicted octanol–water partition coefficient (Wildman–Crippen LogP) is 2.67. The molecule has 1 heterocycles. The van der Waals surface area contributed by atoms with E-state index in [4.69, 9.17) is 11.0 Å². The molecule has 0 bridgehead atoms. The minimum Gasteiger partial charge on any atom is -0.282 e. The van der Waals surface area contributed by atoms with Crippen molar-refractivity contribution in [3.63, 3.8) is 0 Å². The first-order valence-corrected chi connectivity index (χ1v) is 11.3. The lowest BCUT2D eigenvalue weighted by Crippen LogP contribution is -2.37. The molecule has 0 saturated heterocycles. The van der Waals surface area contributed by atoms with Gasteiger partial charge < -0.3 is 0 Å². The van der Waals surface area contributed by atoms with Crippen molar-refractivity contribution in [3.8, 4) is 6.07 Å². The van der Waals surface area contributed by atoms with Crippen molar-refractivity contribution >= 4 is 34.8 Å². The molecule has 1 unspecified atom stereocenters. The summed E-state index contributed by atoms with van der Waals surface area (Å²) in [6.45, 7) is -2.33. The zero-order valence-corrected chi connectivity index (χ0v) is 17.1. The Morgan fingerprint density at radius 1 is 0.867 bits per heavy atom. The number of nitroso groups, excluding NO2 is 1. The molecule has 3 aromatic carbocycles. The fourth-order valence-corrected chi connectivity index (χ4v) is 7.65. The molecule has 146 valence electrons. The van der Waals surface area contributed by atoms with E-state index in [2.05, 4.69) is 47.2 Å². The Balaban J connectivity index is 2.06. The number of nitriles is 1. The van der Waals surface area contributed by atoms with Gasteiger partial charge in [-0.15, -0.1) is 0 Å². The maximum Gasteiger partial charge on any atom is 0.349 e. The number of benzene rings is 3. The van der Waals surface area contributed by atoms with Crippen LogP contribution in [0.2, 0.25) is 0 Å². The van der Waals surface area contributed by atoms with Crippen molar-refractivity contribution in [3.05, 3.63) is 107 Å². The van der Waals surface area contributed by atoms with E-state index in [1.54, 1.807) is 0 Å². The minimum atomic E-state index is -2.33. The van der Waals surface area contributed by atoms with E-state index in [1.807, 2.05) is 60.7 Å². The van der Waals surface area contributed by atoms with Gasteiger partial charge in [0.15, 0.2) is 6.04 Å². The van der Waals surface area contributed by atoms with Crippen LogP contribution in [0.4, 0.5) is 0 Å². The van der Waals surface area contributed by atoms with Gasteiger partial charge in [-0.25, -0.2) is 4.99 Å². The molecule has 5 nitrogen and oxygen atoms in total. The van der Waals surface area contributed by atoms with Crippen molar-refractivity contribution in [2.24, 2.45) is 10.7 Å². The number of allylic oxidation sites excluding steroid dienone is 1. The van der Waals surface area contributed by atoms with Crippen molar-refractivity contribution in [2.45, 2.75) is 6.04 Å². The number of hydrogen-bond donors (Lipinski definition) is 1. The summed E-state index contributed by atoms with van der Waals surface area (Å²) < 4.78 is 0.676. The molecule has 0 saturated carbocycles. The van der Waals surface area contributed by atoms with Crippen molar-refractivity contribution in [1.29, 1.82) is 5.26 Å². The van der Waals surface area contributed by atoms with E-state index in [0.29, 0.717) is 4.76 Å². The number of rotatable bonds is 4. The van der Waals surface area contributed by atoms with Gasteiger partial charge in [0.2, 0.25) is 5.70 Å². The quantitative estimate of drug-likeness (QED) is 0.529. The third-order valence-electron chi connectivity index (χ3n) is 5.08. The first-order valence-electron chi connectivity index (χ1n) is 9.49. The summed E-state index contributed by atoms with van der Waals surface area (Å²) in [5.74, 6) is 1.90. The summed E-state index contributed by atoms with van der Waals surface area (Å²) in [4.78, 5) is 17.1. The Hall–Kier alpha value is -3.74. The van der Waals surface area contributed by atoms with Crippen LogP contribution in [0.15, 0.2) is 108 Å². The Morgan fingerprint density at radius 2 is 1.30 bits per heavy atom. The van der Waals surface area contributed by atoms with Crippen LogP contribution in [-0.2, 0) is 0 Å². The Bertz CT molecular complexity index is 1120. The highest BCUT2D eigenvalue weighted by atomic mass is 31.2. The molecule has 1 aliphatic heterocycles. The molecule has 2 N–H and O–H groups in total. The van der Waals surface area contributed by atoms with Crippen LogP contribution < -0.4 is 21.6 Å². The van der Waals surface area contributed by atoms with Gasteiger partial charge in [0.05, 0.1) is 6.21 Å². The van der Waals surface area contributed by atoms with Gasteiger partial charge in [-0.05, 0) is 33.4 Å². The van der Waals surface area contributed by atoms with Crippen LogP contribution in [0.3, 0.4) is 0 Å². The lowest BCUT2D eigenvalue weighted by molar-refractivity contribution is -0.504. The second kappa shape index (κ2) is 8.32. The third-order valence-corrected chi connectivity index (χ3v) is 9.17. The van der Waals surface area contributed by atoms with Gasteiger partial charge in [0.25, 0.3) is 0 Å². The normalized spacial score (nSPS) is 16.2. The molecule has 0 radical (unpaired) electrons. The van der Waals surface area contributed by atoms with E-state index < -0.39 is 12.9 Å². The minimum absolute atomic E-state index is 0.0577. The SMILES string of the molecule is N#CC1=C(N)[N+](=O)C(C=P(c2ccccc2)(c2ccccc2)c2ccccc2)C=N1. The van der Waals surface area contributed by atoms with Gasteiger partial charge in [0, 0.05) is 0 Å².